The maximum Gasteiger partial charge on any atom is 0.246 e. The summed E-state index contributed by atoms with van der Waals surface area (Å²) in [6.07, 6.45) is 6.96. The Bertz CT molecular complexity index is 1090. The molecule has 6 nitrogen and oxygen atoms in total. The molecule has 0 spiro atoms. The van der Waals surface area contributed by atoms with E-state index in [9.17, 15) is 13.2 Å². The van der Waals surface area contributed by atoms with Crippen LogP contribution in [0, 0.1) is 12.8 Å². The topological polar surface area (TPSA) is 78.8 Å². The number of benzene rings is 2. The number of nitrogens with one attached hydrogen (secondary N) is 1. The molecule has 2 aromatic rings. The molecule has 7 heteroatoms. The Kier molecular flexibility index (Phi) is 6.14. The number of nitrogens with zero attached hydrogens (tertiary/aromatic N) is 2. The molecule has 2 aliphatic rings. The first-order valence-electron chi connectivity index (χ1n) is 10.9. The number of rotatable bonds is 5. The van der Waals surface area contributed by atoms with Gasteiger partial charge < -0.3 is 0 Å². The number of hydrogen-bond donors (Lipinski definition) is 1. The first-order chi connectivity index (χ1) is 14.8. The summed E-state index contributed by atoms with van der Waals surface area (Å²) in [5.41, 5.74) is 4.36. The van der Waals surface area contributed by atoms with Gasteiger partial charge in [0.2, 0.25) is 15.9 Å². The van der Waals surface area contributed by atoms with E-state index in [-0.39, 0.29) is 17.9 Å². The summed E-state index contributed by atoms with van der Waals surface area (Å²) in [6, 6.07) is 15.3. The van der Waals surface area contributed by atoms with Crippen LogP contribution in [0.1, 0.15) is 61.3 Å². The second kappa shape index (κ2) is 8.83. The summed E-state index contributed by atoms with van der Waals surface area (Å²) in [7, 11) is -3.37. The zero-order valence-corrected chi connectivity index (χ0v) is 18.9. The normalized spacial score (nSPS) is 19.9. The Labute approximate surface area is 184 Å². The first-order valence-corrected chi connectivity index (χ1v) is 12.7. The molecule has 0 saturated heterocycles. The van der Waals surface area contributed by atoms with E-state index in [0.29, 0.717) is 12.1 Å². The lowest BCUT2D eigenvalue weighted by molar-refractivity contribution is -0.138. The van der Waals surface area contributed by atoms with Gasteiger partial charge in [0.1, 0.15) is 0 Å². The standard InChI is InChI=1S/C24H29N3O3S/c1-17-11-13-18(14-12-17)23-16-22(20-9-6-10-21(15-20)26-31(2,29)30)25-27(23)24(28)19-7-4-3-5-8-19/h6,9-15,19,23,26H,3-5,7-8,16H2,1-2H3. The van der Waals surface area contributed by atoms with Gasteiger partial charge in [0.05, 0.1) is 18.0 Å². The highest BCUT2D eigenvalue weighted by molar-refractivity contribution is 7.92. The minimum atomic E-state index is -3.37. The van der Waals surface area contributed by atoms with E-state index in [2.05, 4.69) is 29.0 Å². The minimum absolute atomic E-state index is 0.0306. The van der Waals surface area contributed by atoms with Crippen LogP contribution in [0.25, 0.3) is 0 Å². The van der Waals surface area contributed by atoms with E-state index in [0.717, 1.165) is 48.8 Å². The van der Waals surface area contributed by atoms with Crippen molar-refractivity contribution in [3.8, 4) is 0 Å². The molecule has 0 radical (unpaired) electrons. The summed E-state index contributed by atoms with van der Waals surface area (Å²) in [6.45, 7) is 2.05. The van der Waals surface area contributed by atoms with E-state index in [1.54, 1.807) is 23.2 Å². The van der Waals surface area contributed by atoms with E-state index in [1.165, 1.54) is 12.0 Å². The molecule has 1 heterocycles. The number of carbonyl (C=O) groups excluding carboxylic acids is 1. The van der Waals surface area contributed by atoms with E-state index in [4.69, 9.17) is 5.10 Å². The minimum Gasteiger partial charge on any atom is -0.284 e. The summed E-state index contributed by atoms with van der Waals surface area (Å²) in [4.78, 5) is 13.4. The van der Waals surface area contributed by atoms with Gasteiger partial charge in [-0.2, -0.15) is 5.10 Å². The first kappa shape index (κ1) is 21.6. The molecule has 1 aliphatic carbocycles. The number of aryl methyl sites for hydroxylation is 1. The van der Waals surface area contributed by atoms with Crippen LogP contribution in [0.2, 0.25) is 0 Å². The number of hydrazone groups is 1. The van der Waals surface area contributed by atoms with Crippen LogP contribution in [-0.4, -0.2) is 31.3 Å². The Morgan fingerprint density at radius 3 is 2.45 bits per heavy atom. The maximum atomic E-state index is 13.4. The quantitative estimate of drug-likeness (QED) is 0.738. The van der Waals surface area contributed by atoms with Gasteiger partial charge in [0, 0.05) is 18.0 Å². The average Bonchev–Trinajstić information content (AvgIpc) is 3.19. The Hall–Kier alpha value is -2.67. The van der Waals surface area contributed by atoms with Crippen LogP contribution < -0.4 is 4.72 Å². The third-order valence-corrected chi connectivity index (χ3v) is 6.66. The predicted molar refractivity (Wildman–Crippen MR) is 123 cm³/mol. The molecule has 164 valence electrons. The lowest BCUT2D eigenvalue weighted by Gasteiger charge is -2.28. The lowest BCUT2D eigenvalue weighted by Crippen LogP contribution is -2.33. The van der Waals surface area contributed by atoms with Crippen molar-refractivity contribution in [2.45, 2.75) is 51.5 Å². The zero-order chi connectivity index (χ0) is 22.0. The monoisotopic (exact) mass is 439 g/mol. The molecule has 1 amide bonds. The summed E-state index contributed by atoms with van der Waals surface area (Å²) >= 11 is 0. The highest BCUT2D eigenvalue weighted by Crippen LogP contribution is 2.36. The molecule has 0 aromatic heterocycles. The molecule has 1 N–H and O–H groups in total. The number of hydrogen-bond acceptors (Lipinski definition) is 4. The van der Waals surface area contributed by atoms with Gasteiger partial charge in [0.15, 0.2) is 0 Å². The van der Waals surface area contributed by atoms with E-state index >= 15 is 0 Å². The van der Waals surface area contributed by atoms with Gasteiger partial charge >= 0.3 is 0 Å². The van der Waals surface area contributed by atoms with Crippen molar-refractivity contribution in [1.29, 1.82) is 0 Å². The van der Waals surface area contributed by atoms with Crippen LogP contribution in [0.5, 0.6) is 0 Å². The fraction of sp³-hybridized carbons (Fsp3) is 0.417. The smallest absolute Gasteiger partial charge is 0.246 e. The molecule has 2 aromatic carbocycles. The molecular weight excluding hydrogens is 410 g/mol. The Morgan fingerprint density at radius 2 is 1.77 bits per heavy atom. The van der Waals surface area contributed by atoms with Gasteiger partial charge in [-0.3, -0.25) is 9.52 Å². The molecule has 4 rings (SSSR count). The fourth-order valence-corrected chi connectivity index (χ4v) is 5.00. The molecule has 1 saturated carbocycles. The van der Waals surface area contributed by atoms with Crippen molar-refractivity contribution in [3.63, 3.8) is 0 Å². The summed E-state index contributed by atoms with van der Waals surface area (Å²) in [5.74, 6) is 0.133. The van der Waals surface area contributed by atoms with E-state index in [1.807, 2.05) is 13.0 Å². The lowest BCUT2D eigenvalue weighted by atomic mass is 9.88. The van der Waals surface area contributed by atoms with Crippen molar-refractivity contribution < 1.29 is 13.2 Å². The van der Waals surface area contributed by atoms with Crippen LogP contribution in [-0.2, 0) is 14.8 Å². The highest BCUT2D eigenvalue weighted by atomic mass is 32.2. The van der Waals surface area contributed by atoms with Crippen molar-refractivity contribution in [2.24, 2.45) is 11.0 Å². The molecule has 1 aliphatic heterocycles. The van der Waals surface area contributed by atoms with Crippen molar-refractivity contribution >= 4 is 27.3 Å². The average molecular weight is 440 g/mol. The zero-order valence-electron chi connectivity index (χ0n) is 18.0. The van der Waals surface area contributed by atoms with Crippen LogP contribution in [0.4, 0.5) is 5.69 Å². The fourth-order valence-electron chi connectivity index (χ4n) is 4.45. The van der Waals surface area contributed by atoms with Crippen LogP contribution in [0.3, 0.4) is 0 Å². The van der Waals surface area contributed by atoms with Crippen LogP contribution >= 0.6 is 0 Å². The third kappa shape index (κ3) is 5.15. The van der Waals surface area contributed by atoms with Gasteiger partial charge in [-0.1, -0.05) is 61.2 Å². The predicted octanol–water partition coefficient (Wildman–Crippen LogP) is 4.62. The van der Waals surface area contributed by atoms with Gasteiger partial charge in [0.25, 0.3) is 0 Å². The molecule has 31 heavy (non-hydrogen) atoms. The van der Waals surface area contributed by atoms with Gasteiger partial charge in [-0.25, -0.2) is 13.4 Å². The number of carbonyl (C=O) groups is 1. The third-order valence-electron chi connectivity index (χ3n) is 6.05. The number of amides is 1. The molecule has 0 bridgehead atoms. The highest BCUT2D eigenvalue weighted by Gasteiger charge is 2.36. The van der Waals surface area contributed by atoms with Crippen molar-refractivity contribution in [2.75, 3.05) is 11.0 Å². The van der Waals surface area contributed by atoms with Gasteiger partial charge in [-0.15, -0.1) is 0 Å². The number of anilines is 1. The summed E-state index contributed by atoms with van der Waals surface area (Å²) in [5, 5.41) is 6.46. The Balaban J connectivity index is 1.66. The SMILES string of the molecule is Cc1ccc(C2CC(c3cccc(NS(C)(=O)=O)c3)=NN2C(=O)C2CCCCC2)cc1. The largest absolute Gasteiger partial charge is 0.284 e. The molecular formula is C24H29N3O3S. The molecule has 1 unspecified atom stereocenters. The van der Waals surface area contributed by atoms with Gasteiger partial charge in [-0.05, 0) is 43.0 Å². The van der Waals surface area contributed by atoms with Crippen LogP contribution in [0.15, 0.2) is 53.6 Å². The molecule has 1 fully saturated rings. The second-order valence-corrected chi connectivity index (χ2v) is 10.4. The maximum absolute atomic E-state index is 13.4. The Morgan fingerprint density at radius 1 is 1.06 bits per heavy atom. The number of sulfonamides is 1. The second-order valence-electron chi connectivity index (χ2n) is 8.65. The van der Waals surface area contributed by atoms with Crippen molar-refractivity contribution in [3.05, 3.63) is 65.2 Å². The van der Waals surface area contributed by atoms with Crippen molar-refractivity contribution in [1.82, 2.24) is 5.01 Å². The summed E-state index contributed by atoms with van der Waals surface area (Å²) < 4.78 is 25.8. The molecule has 1 atom stereocenters. The van der Waals surface area contributed by atoms with E-state index < -0.39 is 10.0 Å².